The zero-order valence-electron chi connectivity index (χ0n) is 11.0. The van der Waals surface area contributed by atoms with Gasteiger partial charge < -0.3 is 4.74 Å². The molecule has 1 aliphatic rings. The van der Waals surface area contributed by atoms with E-state index in [1.807, 2.05) is 6.07 Å². The second-order valence-corrected chi connectivity index (χ2v) is 6.59. The average Bonchev–Trinajstić information content (AvgIpc) is 2.75. The largest absolute Gasteiger partial charge is 0.493 e. The molecule has 0 amide bonds. The van der Waals surface area contributed by atoms with Crippen LogP contribution < -0.4 is 4.74 Å². The van der Waals surface area contributed by atoms with Crippen LogP contribution in [-0.4, -0.2) is 11.9 Å². The van der Waals surface area contributed by atoms with Crippen molar-refractivity contribution in [1.82, 2.24) is 0 Å². The number of ether oxygens (including phenoxy) is 1. The van der Waals surface area contributed by atoms with Crippen molar-refractivity contribution < 1.29 is 4.74 Å². The highest BCUT2D eigenvalue weighted by molar-refractivity contribution is 9.09. The molecule has 1 heterocycles. The first kappa shape index (κ1) is 14.2. The Hall–Kier alpha value is -0.210. The van der Waals surface area contributed by atoms with Gasteiger partial charge in [0.15, 0.2) is 0 Å². The number of hydrogen-bond donors (Lipinski definition) is 0. The lowest BCUT2D eigenvalue weighted by Crippen LogP contribution is -2.10. The molecule has 1 nitrogen and oxygen atoms in total. The molecule has 1 unspecified atom stereocenters. The first-order chi connectivity index (χ1) is 8.60. The van der Waals surface area contributed by atoms with Gasteiger partial charge in [0.05, 0.1) is 6.61 Å². The quantitative estimate of drug-likeness (QED) is 0.699. The van der Waals surface area contributed by atoms with Crippen LogP contribution in [0.2, 0.25) is 5.02 Å². The Morgan fingerprint density at radius 3 is 2.83 bits per heavy atom. The first-order valence-corrected chi connectivity index (χ1v) is 8.10. The molecular weight excluding hydrogens is 312 g/mol. The van der Waals surface area contributed by atoms with Gasteiger partial charge in [-0.3, -0.25) is 0 Å². The number of alkyl halides is 1. The van der Waals surface area contributed by atoms with Crippen LogP contribution in [0.3, 0.4) is 0 Å². The van der Waals surface area contributed by atoms with Gasteiger partial charge in [-0.05, 0) is 47.9 Å². The zero-order chi connectivity index (χ0) is 13.1. The maximum absolute atomic E-state index is 6.19. The van der Waals surface area contributed by atoms with Gasteiger partial charge in [0.25, 0.3) is 0 Å². The van der Waals surface area contributed by atoms with Gasteiger partial charge in [0.2, 0.25) is 0 Å². The molecule has 2 rings (SSSR count). The Kier molecular flexibility index (Phi) is 4.97. The maximum atomic E-state index is 6.19. The van der Waals surface area contributed by atoms with Crippen molar-refractivity contribution in [1.29, 1.82) is 0 Å². The molecule has 0 saturated heterocycles. The van der Waals surface area contributed by atoms with E-state index in [4.69, 9.17) is 16.3 Å². The summed E-state index contributed by atoms with van der Waals surface area (Å²) in [6.45, 7) is 5.34. The molecule has 0 bridgehead atoms. The summed E-state index contributed by atoms with van der Waals surface area (Å²) >= 11 is 9.82. The maximum Gasteiger partial charge on any atom is 0.125 e. The number of benzene rings is 1. The second kappa shape index (κ2) is 6.29. The molecule has 1 aromatic carbocycles. The Morgan fingerprint density at radius 2 is 2.17 bits per heavy atom. The Morgan fingerprint density at radius 1 is 1.39 bits per heavy atom. The van der Waals surface area contributed by atoms with E-state index in [0.717, 1.165) is 41.5 Å². The van der Waals surface area contributed by atoms with Gasteiger partial charge in [-0.1, -0.05) is 41.4 Å². The van der Waals surface area contributed by atoms with Gasteiger partial charge in [-0.15, -0.1) is 0 Å². The minimum Gasteiger partial charge on any atom is -0.493 e. The minimum absolute atomic E-state index is 0.650. The molecule has 18 heavy (non-hydrogen) atoms. The summed E-state index contributed by atoms with van der Waals surface area (Å²) in [5.41, 5.74) is 2.55. The van der Waals surface area contributed by atoms with Crippen molar-refractivity contribution >= 4 is 27.5 Å². The van der Waals surface area contributed by atoms with Gasteiger partial charge in [-0.25, -0.2) is 0 Å². The van der Waals surface area contributed by atoms with Crippen LogP contribution in [-0.2, 0) is 12.8 Å². The van der Waals surface area contributed by atoms with Crippen LogP contribution in [0.4, 0.5) is 0 Å². The van der Waals surface area contributed by atoms with Crippen LogP contribution in [0.25, 0.3) is 0 Å². The summed E-state index contributed by atoms with van der Waals surface area (Å²) in [6, 6.07) is 4.11. The van der Waals surface area contributed by atoms with E-state index in [1.165, 1.54) is 17.5 Å². The predicted molar refractivity (Wildman–Crippen MR) is 81.1 cm³/mol. The van der Waals surface area contributed by atoms with Crippen LogP contribution in [0.5, 0.6) is 5.75 Å². The van der Waals surface area contributed by atoms with E-state index in [0.29, 0.717) is 5.92 Å². The molecule has 0 aromatic heterocycles. The van der Waals surface area contributed by atoms with Crippen LogP contribution in [0, 0.1) is 11.8 Å². The fourth-order valence-electron chi connectivity index (χ4n) is 2.68. The molecule has 1 aliphatic heterocycles. The third-order valence-corrected chi connectivity index (χ3v) is 4.49. The minimum atomic E-state index is 0.650. The lowest BCUT2D eigenvalue weighted by molar-refractivity contribution is 0.349. The molecule has 3 heteroatoms. The van der Waals surface area contributed by atoms with E-state index >= 15 is 0 Å². The Labute approximate surface area is 123 Å². The molecule has 0 aliphatic carbocycles. The molecule has 1 atom stereocenters. The third kappa shape index (κ3) is 3.42. The summed E-state index contributed by atoms with van der Waals surface area (Å²) in [5, 5.41) is 1.87. The van der Waals surface area contributed by atoms with Crippen molar-refractivity contribution in [3.05, 3.63) is 28.3 Å². The molecule has 0 spiro atoms. The third-order valence-electron chi connectivity index (χ3n) is 3.36. The summed E-state index contributed by atoms with van der Waals surface area (Å²) in [7, 11) is 0. The van der Waals surface area contributed by atoms with Gasteiger partial charge in [0, 0.05) is 16.8 Å². The van der Waals surface area contributed by atoms with Crippen molar-refractivity contribution in [2.24, 2.45) is 11.8 Å². The molecule has 0 saturated carbocycles. The molecule has 0 N–H and O–H groups in total. The molecule has 0 fully saturated rings. The topological polar surface area (TPSA) is 9.23 Å². The fraction of sp³-hybridized carbons (Fsp3) is 0.600. The predicted octanol–water partition coefficient (Wildman–Crippen LogP) is 4.87. The van der Waals surface area contributed by atoms with Crippen LogP contribution in [0.15, 0.2) is 12.1 Å². The van der Waals surface area contributed by atoms with Crippen molar-refractivity contribution in [2.75, 3.05) is 11.9 Å². The summed E-state index contributed by atoms with van der Waals surface area (Å²) in [5.74, 6) is 2.46. The van der Waals surface area contributed by atoms with Crippen molar-refractivity contribution in [2.45, 2.75) is 33.1 Å². The number of halogens is 2. The smallest absolute Gasteiger partial charge is 0.125 e. The SMILES string of the molecule is CC(C)CC(CBr)Cc1cc(Cl)cc2c1OCC2. The zero-order valence-corrected chi connectivity index (χ0v) is 13.4. The van der Waals surface area contributed by atoms with Gasteiger partial charge >= 0.3 is 0 Å². The van der Waals surface area contributed by atoms with Crippen LogP contribution >= 0.6 is 27.5 Å². The van der Waals surface area contributed by atoms with E-state index in [-0.39, 0.29) is 0 Å². The van der Waals surface area contributed by atoms with Gasteiger partial charge in [-0.2, -0.15) is 0 Å². The number of fused-ring (bicyclic) bond motifs is 1. The fourth-order valence-corrected chi connectivity index (χ4v) is 3.43. The van der Waals surface area contributed by atoms with E-state index < -0.39 is 0 Å². The highest BCUT2D eigenvalue weighted by atomic mass is 79.9. The lowest BCUT2D eigenvalue weighted by atomic mass is 9.91. The van der Waals surface area contributed by atoms with Crippen molar-refractivity contribution in [3.63, 3.8) is 0 Å². The average molecular weight is 332 g/mol. The van der Waals surface area contributed by atoms with E-state index in [1.54, 1.807) is 0 Å². The van der Waals surface area contributed by atoms with Gasteiger partial charge in [0.1, 0.15) is 5.75 Å². The normalized spacial score (nSPS) is 15.6. The lowest BCUT2D eigenvalue weighted by Gasteiger charge is -2.18. The summed E-state index contributed by atoms with van der Waals surface area (Å²) in [4.78, 5) is 0. The Balaban J connectivity index is 2.18. The number of rotatable bonds is 5. The standard InChI is InChI=1S/C15H20BrClO/c1-10(2)5-11(9-16)6-13-8-14(17)7-12-3-4-18-15(12)13/h7-8,10-11H,3-6,9H2,1-2H3. The van der Waals surface area contributed by atoms with E-state index in [2.05, 4.69) is 35.8 Å². The molecule has 0 radical (unpaired) electrons. The summed E-state index contributed by atoms with van der Waals surface area (Å²) in [6.07, 6.45) is 3.27. The highest BCUT2D eigenvalue weighted by Crippen LogP contribution is 2.35. The second-order valence-electron chi connectivity index (χ2n) is 5.51. The highest BCUT2D eigenvalue weighted by Gasteiger charge is 2.20. The monoisotopic (exact) mass is 330 g/mol. The first-order valence-electron chi connectivity index (χ1n) is 6.60. The Bertz CT molecular complexity index is 417. The molecule has 1 aromatic rings. The molecular formula is C15H20BrClO. The molecule has 100 valence electrons. The van der Waals surface area contributed by atoms with Crippen molar-refractivity contribution in [3.8, 4) is 5.75 Å². The number of hydrogen-bond acceptors (Lipinski definition) is 1. The van der Waals surface area contributed by atoms with E-state index in [9.17, 15) is 0 Å². The summed E-state index contributed by atoms with van der Waals surface area (Å²) < 4.78 is 5.76. The van der Waals surface area contributed by atoms with Crippen LogP contribution in [0.1, 0.15) is 31.4 Å².